The van der Waals surface area contributed by atoms with E-state index in [1.54, 1.807) is 4.90 Å². The summed E-state index contributed by atoms with van der Waals surface area (Å²) in [5.74, 6) is 0.758. The molecule has 0 unspecified atom stereocenters. The second-order valence-electron chi connectivity index (χ2n) is 9.29. The number of nitrogens with one attached hydrogen (secondary N) is 1. The highest BCUT2D eigenvalue weighted by Gasteiger charge is 2.26. The molecule has 0 radical (unpaired) electrons. The Morgan fingerprint density at radius 2 is 2.09 bits per heavy atom. The molecule has 0 spiro atoms. The van der Waals surface area contributed by atoms with Crippen molar-refractivity contribution in [1.29, 1.82) is 0 Å². The van der Waals surface area contributed by atoms with E-state index in [1.165, 1.54) is 19.6 Å². The molecule has 3 aromatic rings. The number of ether oxygens (including phenoxy) is 1. The largest absolute Gasteiger partial charge is 0.496 e. The number of benzene rings is 1. The molecule has 1 aromatic carbocycles. The zero-order valence-corrected chi connectivity index (χ0v) is 20.5. The fourth-order valence-corrected chi connectivity index (χ4v) is 6.50. The van der Waals surface area contributed by atoms with E-state index < -0.39 is 10.0 Å². The first-order valence-corrected chi connectivity index (χ1v) is 13.4. The molecule has 10 nitrogen and oxygen atoms in total. The Morgan fingerprint density at radius 3 is 2.80 bits per heavy atom. The highest BCUT2D eigenvalue weighted by Crippen LogP contribution is 2.35. The van der Waals surface area contributed by atoms with Gasteiger partial charge in [0.1, 0.15) is 11.1 Å². The van der Waals surface area contributed by atoms with Gasteiger partial charge in [0.15, 0.2) is 11.4 Å². The van der Waals surface area contributed by atoms with Crippen molar-refractivity contribution in [3.63, 3.8) is 0 Å². The molecule has 11 heteroatoms. The molecule has 1 N–H and O–H groups in total. The molecule has 1 amide bonds. The number of amides is 1. The van der Waals surface area contributed by atoms with Gasteiger partial charge in [-0.3, -0.25) is 14.2 Å². The predicted molar refractivity (Wildman–Crippen MR) is 130 cm³/mol. The zero-order chi connectivity index (χ0) is 24.6. The van der Waals surface area contributed by atoms with E-state index in [0.717, 1.165) is 42.5 Å². The molecule has 1 aliphatic heterocycles. The Balaban J connectivity index is 1.34. The van der Waals surface area contributed by atoms with Crippen LogP contribution in [0.15, 0.2) is 35.5 Å². The van der Waals surface area contributed by atoms with E-state index in [-0.39, 0.29) is 23.4 Å². The monoisotopic (exact) mass is 499 g/mol. The van der Waals surface area contributed by atoms with Crippen LogP contribution < -0.4 is 9.46 Å². The van der Waals surface area contributed by atoms with Crippen molar-refractivity contribution in [2.75, 3.05) is 17.6 Å². The summed E-state index contributed by atoms with van der Waals surface area (Å²) in [5, 5.41) is 9.09. The van der Waals surface area contributed by atoms with Gasteiger partial charge in [0.05, 0.1) is 31.6 Å². The van der Waals surface area contributed by atoms with Gasteiger partial charge in [-0.1, -0.05) is 31.0 Å². The van der Waals surface area contributed by atoms with Crippen LogP contribution in [0.3, 0.4) is 0 Å². The molecule has 0 bridgehead atoms. The average Bonchev–Trinajstić information content (AvgIpc) is 3.52. The maximum absolute atomic E-state index is 12.8. The molecule has 0 atom stereocenters. The highest BCUT2D eigenvalue weighted by molar-refractivity contribution is 7.92. The van der Waals surface area contributed by atoms with E-state index in [9.17, 15) is 13.2 Å². The Kier molecular flexibility index (Phi) is 6.26. The van der Waals surface area contributed by atoms with Crippen LogP contribution in [0, 0.1) is 5.92 Å². The van der Waals surface area contributed by atoms with Gasteiger partial charge in [-0.15, -0.1) is 0 Å². The molecule has 2 aromatic heterocycles. The van der Waals surface area contributed by atoms with Gasteiger partial charge in [-0.05, 0) is 42.5 Å². The van der Waals surface area contributed by atoms with Crippen molar-refractivity contribution in [3.8, 4) is 5.75 Å². The van der Waals surface area contributed by atoms with E-state index in [4.69, 9.17) is 9.26 Å². The second kappa shape index (κ2) is 9.37. The number of rotatable bonds is 8. The van der Waals surface area contributed by atoms with Crippen LogP contribution in [0.5, 0.6) is 5.75 Å². The van der Waals surface area contributed by atoms with Gasteiger partial charge in [-0.25, -0.2) is 8.42 Å². The van der Waals surface area contributed by atoms with Crippen molar-refractivity contribution >= 4 is 32.7 Å². The molecule has 0 saturated heterocycles. The van der Waals surface area contributed by atoms with Gasteiger partial charge in [0, 0.05) is 18.3 Å². The third-order valence-corrected chi connectivity index (χ3v) is 8.12. The van der Waals surface area contributed by atoms with Crippen LogP contribution in [0.25, 0.3) is 11.0 Å². The molecule has 3 heterocycles. The number of fused-ring (bicyclic) bond motifs is 2. The van der Waals surface area contributed by atoms with Gasteiger partial charge >= 0.3 is 0 Å². The Hall–Kier alpha value is -3.34. The SMILES string of the molecule is C=CC(=O)N1Cc2cn(Cc3cc(OC)c4c(NS(=O)(=O)CC5CCCCC5)noc4c3)nc2C1. The first kappa shape index (κ1) is 23.4. The number of methoxy groups -OCH3 is 1. The summed E-state index contributed by atoms with van der Waals surface area (Å²) < 4.78 is 41.1. The average molecular weight is 500 g/mol. The minimum Gasteiger partial charge on any atom is -0.496 e. The second-order valence-corrected chi connectivity index (χ2v) is 11.1. The molecule has 186 valence electrons. The molecule has 2 aliphatic rings. The van der Waals surface area contributed by atoms with Crippen molar-refractivity contribution in [2.24, 2.45) is 5.92 Å². The molecular weight excluding hydrogens is 470 g/mol. The quantitative estimate of drug-likeness (QED) is 0.472. The van der Waals surface area contributed by atoms with Crippen LogP contribution >= 0.6 is 0 Å². The number of sulfonamides is 1. The number of hydrogen-bond acceptors (Lipinski definition) is 7. The number of aromatic nitrogens is 3. The zero-order valence-electron chi connectivity index (χ0n) is 19.7. The lowest BCUT2D eigenvalue weighted by atomic mass is 9.91. The molecule has 35 heavy (non-hydrogen) atoms. The van der Waals surface area contributed by atoms with Crippen molar-refractivity contribution < 1.29 is 22.5 Å². The van der Waals surface area contributed by atoms with E-state index in [2.05, 4.69) is 21.6 Å². The summed E-state index contributed by atoms with van der Waals surface area (Å²) in [5.41, 5.74) is 3.16. The Labute approximate surface area is 203 Å². The molecule has 1 fully saturated rings. The van der Waals surface area contributed by atoms with Crippen LogP contribution in [-0.4, -0.2) is 47.0 Å². The summed E-state index contributed by atoms with van der Waals surface area (Å²) in [7, 11) is -2.04. The number of nitrogens with zero attached hydrogens (tertiary/aromatic N) is 4. The smallest absolute Gasteiger partial charge is 0.246 e. The molecule has 5 rings (SSSR count). The number of anilines is 1. The van der Waals surface area contributed by atoms with Crippen LogP contribution in [0.2, 0.25) is 0 Å². The minimum atomic E-state index is -3.57. The van der Waals surface area contributed by atoms with Crippen molar-refractivity contribution in [2.45, 2.75) is 51.7 Å². The fourth-order valence-electron chi connectivity index (χ4n) is 5.03. The lowest BCUT2D eigenvalue weighted by molar-refractivity contribution is -0.126. The summed E-state index contributed by atoms with van der Waals surface area (Å²) in [6.07, 6.45) is 8.43. The maximum atomic E-state index is 12.8. The van der Waals surface area contributed by atoms with Gasteiger partial charge in [-0.2, -0.15) is 5.10 Å². The molecular formula is C24H29N5O5S. The Bertz CT molecular complexity index is 1350. The minimum absolute atomic E-state index is 0.0849. The fraction of sp³-hybridized carbons (Fsp3) is 0.458. The van der Waals surface area contributed by atoms with Gasteiger partial charge in [0.2, 0.25) is 15.9 Å². The van der Waals surface area contributed by atoms with Crippen molar-refractivity contribution in [3.05, 3.63) is 47.8 Å². The van der Waals surface area contributed by atoms with Crippen LogP contribution in [-0.2, 0) is 34.5 Å². The summed E-state index contributed by atoms with van der Waals surface area (Å²) in [4.78, 5) is 13.5. The van der Waals surface area contributed by atoms with Gasteiger partial charge < -0.3 is 14.2 Å². The third-order valence-electron chi connectivity index (χ3n) is 6.71. The lowest BCUT2D eigenvalue weighted by Crippen LogP contribution is -2.24. The van der Waals surface area contributed by atoms with E-state index >= 15 is 0 Å². The van der Waals surface area contributed by atoms with Crippen LogP contribution in [0.4, 0.5) is 5.82 Å². The highest BCUT2D eigenvalue weighted by atomic mass is 32.2. The maximum Gasteiger partial charge on any atom is 0.246 e. The number of carbonyl (C=O) groups is 1. The number of hydrogen-bond donors (Lipinski definition) is 1. The summed E-state index contributed by atoms with van der Waals surface area (Å²) >= 11 is 0. The lowest BCUT2D eigenvalue weighted by Gasteiger charge is -2.21. The topological polar surface area (TPSA) is 120 Å². The Morgan fingerprint density at radius 1 is 1.29 bits per heavy atom. The molecule has 1 saturated carbocycles. The van der Waals surface area contributed by atoms with E-state index in [1.807, 2.05) is 23.0 Å². The molecule has 1 aliphatic carbocycles. The van der Waals surface area contributed by atoms with Crippen molar-refractivity contribution in [1.82, 2.24) is 19.8 Å². The summed E-state index contributed by atoms with van der Waals surface area (Å²) in [6.45, 7) is 4.96. The van der Waals surface area contributed by atoms with Gasteiger partial charge in [0.25, 0.3) is 0 Å². The number of carbonyl (C=O) groups excluding carboxylic acids is 1. The van der Waals surface area contributed by atoms with Crippen LogP contribution in [0.1, 0.15) is 48.9 Å². The summed E-state index contributed by atoms with van der Waals surface area (Å²) in [6, 6.07) is 3.64. The first-order chi connectivity index (χ1) is 16.8. The standard InChI is InChI=1S/C24H29N5O5S/c1-3-22(30)28-12-18-13-29(25-19(18)14-28)11-17-9-20(33-2)23-21(10-17)34-26-24(23)27-35(31,32)15-16-7-5-4-6-8-16/h3,9-10,13,16H,1,4-8,11-12,14-15H2,2H3,(H,26,27). The normalized spacial score (nSPS) is 16.4. The first-order valence-electron chi connectivity index (χ1n) is 11.8. The van der Waals surface area contributed by atoms with E-state index in [0.29, 0.717) is 36.4 Å². The third kappa shape index (κ3) is 4.90. The predicted octanol–water partition coefficient (Wildman–Crippen LogP) is 3.43.